The number of pyridine rings is 1. The number of hydrogen-bond donors (Lipinski definition) is 1. The molecule has 0 saturated carbocycles. The first-order valence-corrected chi connectivity index (χ1v) is 7.28. The molecule has 0 spiro atoms. The molecule has 1 heterocycles. The highest BCUT2D eigenvalue weighted by Gasteiger charge is 2.11. The van der Waals surface area contributed by atoms with Gasteiger partial charge < -0.3 is 10.2 Å². The molecule has 0 radical (unpaired) electrons. The molecule has 0 aliphatic carbocycles. The molecule has 0 bridgehead atoms. The van der Waals surface area contributed by atoms with Crippen LogP contribution in [0.2, 0.25) is 0 Å². The molecule has 2 aromatic rings. The topological polar surface area (TPSA) is 28.2 Å². The Labute approximate surface area is 121 Å². The van der Waals surface area contributed by atoms with Gasteiger partial charge in [0.05, 0.1) is 0 Å². The van der Waals surface area contributed by atoms with Crippen molar-refractivity contribution < 1.29 is 0 Å². The summed E-state index contributed by atoms with van der Waals surface area (Å²) in [5.41, 5.74) is 2.45. The maximum atomic E-state index is 4.53. The molecule has 1 unspecified atom stereocenters. The molecule has 1 aromatic heterocycles. The van der Waals surface area contributed by atoms with Crippen LogP contribution in [-0.2, 0) is 0 Å². The normalized spacial score (nSPS) is 12.2. The van der Waals surface area contributed by atoms with Crippen LogP contribution < -0.4 is 10.2 Å². The number of hydrogen-bond acceptors (Lipinski definition) is 3. The van der Waals surface area contributed by atoms with Crippen LogP contribution in [0.25, 0.3) is 0 Å². The van der Waals surface area contributed by atoms with Crippen molar-refractivity contribution in [2.45, 2.75) is 26.8 Å². The third-order valence-electron chi connectivity index (χ3n) is 3.44. The highest BCUT2D eigenvalue weighted by Crippen LogP contribution is 2.25. The second kappa shape index (κ2) is 7.06. The predicted octanol–water partition coefficient (Wildman–Crippen LogP) is 3.91. The summed E-state index contributed by atoms with van der Waals surface area (Å²) < 4.78 is 0. The molecule has 0 saturated heterocycles. The summed E-state index contributed by atoms with van der Waals surface area (Å²) in [7, 11) is 0. The lowest BCUT2D eigenvalue weighted by Gasteiger charge is -2.23. The summed E-state index contributed by atoms with van der Waals surface area (Å²) in [6, 6.07) is 15.0. The predicted molar refractivity (Wildman–Crippen MR) is 85.5 cm³/mol. The Morgan fingerprint density at radius 2 is 1.90 bits per heavy atom. The Hall–Kier alpha value is -1.87. The van der Waals surface area contributed by atoms with Crippen molar-refractivity contribution in [1.82, 2.24) is 10.3 Å². The molecule has 1 N–H and O–H groups in total. The van der Waals surface area contributed by atoms with E-state index in [1.54, 1.807) is 0 Å². The molecule has 20 heavy (non-hydrogen) atoms. The van der Waals surface area contributed by atoms with Crippen LogP contribution in [0.5, 0.6) is 0 Å². The van der Waals surface area contributed by atoms with Gasteiger partial charge in [-0.25, -0.2) is 4.98 Å². The van der Waals surface area contributed by atoms with Crippen molar-refractivity contribution in [3.8, 4) is 0 Å². The van der Waals surface area contributed by atoms with Gasteiger partial charge in [0, 0.05) is 24.5 Å². The molecule has 106 valence electrons. The molecule has 3 nitrogen and oxygen atoms in total. The van der Waals surface area contributed by atoms with E-state index in [0.29, 0.717) is 6.04 Å². The van der Waals surface area contributed by atoms with Crippen LogP contribution >= 0.6 is 0 Å². The largest absolute Gasteiger partial charge is 0.327 e. The third-order valence-corrected chi connectivity index (χ3v) is 3.44. The van der Waals surface area contributed by atoms with E-state index in [9.17, 15) is 0 Å². The monoisotopic (exact) mass is 269 g/mol. The van der Waals surface area contributed by atoms with E-state index in [2.05, 4.69) is 72.4 Å². The van der Waals surface area contributed by atoms with Gasteiger partial charge in [-0.15, -0.1) is 0 Å². The first kappa shape index (κ1) is 14.5. The van der Waals surface area contributed by atoms with Gasteiger partial charge in [-0.3, -0.25) is 0 Å². The average Bonchev–Trinajstić information content (AvgIpc) is 2.50. The second-order valence-electron chi connectivity index (χ2n) is 4.81. The number of para-hydroxylation sites is 1. The van der Waals surface area contributed by atoms with Crippen molar-refractivity contribution in [2.75, 3.05) is 18.0 Å². The van der Waals surface area contributed by atoms with E-state index in [0.717, 1.165) is 18.9 Å². The van der Waals surface area contributed by atoms with Gasteiger partial charge in [0.25, 0.3) is 0 Å². The summed E-state index contributed by atoms with van der Waals surface area (Å²) in [4.78, 5) is 6.75. The Kier molecular flexibility index (Phi) is 5.13. The fourth-order valence-electron chi connectivity index (χ4n) is 2.36. The summed E-state index contributed by atoms with van der Waals surface area (Å²) in [5, 5.41) is 3.44. The smallest absolute Gasteiger partial charge is 0.133 e. The zero-order valence-corrected chi connectivity index (χ0v) is 12.5. The van der Waals surface area contributed by atoms with E-state index in [-0.39, 0.29) is 0 Å². The van der Waals surface area contributed by atoms with Gasteiger partial charge in [0.15, 0.2) is 0 Å². The van der Waals surface area contributed by atoms with Crippen molar-refractivity contribution in [3.63, 3.8) is 0 Å². The van der Waals surface area contributed by atoms with Gasteiger partial charge >= 0.3 is 0 Å². The SMILES string of the molecule is CCNC(C)c1ccnc(N(CC)c2ccccc2)c1. The zero-order chi connectivity index (χ0) is 14.4. The first-order chi connectivity index (χ1) is 9.76. The number of benzene rings is 1. The first-order valence-electron chi connectivity index (χ1n) is 7.28. The Bertz CT molecular complexity index is 525. The molecular weight excluding hydrogens is 246 g/mol. The number of nitrogens with one attached hydrogen (secondary N) is 1. The van der Waals surface area contributed by atoms with Gasteiger partial charge in [-0.1, -0.05) is 25.1 Å². The lowest BCUT2D eigenvalue weighted by Crippen LogP contribution is -2.20. The number of aromatic nitrogens is 1. The minimum absolute atomic E-state index is 0.344. The van der Waals surface area contributed by atoms with Crippen LogP contribution in [0.1, 0.15) is 32.4 Å². The minimum Gasteiger partial charge on any atom is -0.327 e. The van der Waals surface area contributed by atoms with Gasteiger partial charge in [0.1, 0.15) is 5.82 Å². The van der Waals surface area contributed by atoms with E-state index < -0.39 is 0 Å². The number of anilines is 2. The second-order valence-corrected chi connectivity index (χ2v) is 4.81. The fraction of sp³-hybridized carbons (Fsp3) is 0.353. The van der Waals surface area contributed by atoms with Crippen LogP contribution in [-0.4, -0.2) is 18.1 Å². The van der Waals surface area contributed by atoms with Gasteiger partial charge in [0.2, 0.25) is 0 Å². The molecule has 0 amide bonds. The van der Waals surface area contributed by atoms with Gasteiger partial charge in [-0.05, 0) is 50.2 Å². The molecule has 2 rings (SSSR count). The maximum absolute atomic E-state index is 4.53. The molecule has 1 aromatic carbocycles. The molecule has 3 heteroatoms. The highest BCUT2D eigenvalue weighted by molar-refractivity contribution is 5.60. The highest BCUT2D eigenvalue weighted by atomic mass is 15.2. The maximum Gasteiger partial charge on any atom is 0.133 e. The van der Waals surface area contributed by atoms with Crippen LogP contribution in [0.4, 0.5) is 11.5 Å². The Morgan fingerprint density at radius 3 is 2.55 bits per heavy atom. The quantitative estimate of drug-likeness (QED) is 0.861. The van der Waals surface area contributed by atoms with Crippen LogP contribution in [0.15, 0.2) is 48.7 Å². The number of nitrogens with zero attached hydrogens (tertiary/aromatic N) is 2. The Balaban J connectivity index is 2.29. The Morgan fingerprint density at radius 1 is 1.15 bits per heavy atom. The summed E-state index contributed by atoms with van der Waals surface area (Å²) in [6.07, 6.45) is 1.89. The van der Waals surface area contributed by atoms with Crippen molar-refractivity contribution in [2.24, 2.45) is 0 Å². The summed E-state index contributed by atoms with van der Waals surface area (Å²) in [6.45, 7) is 8.32. The van der Waals surface area contributed by atoms with Crippen molar-refractivity contribution >= 4 is 11.5 Å². The lowest BCUT2D eigenvalue weighted by atomic mass is 10.1. The molecule has 0 fully saturated rings. The fourth-order valence-corrected chi connectivity index (χ4v) is 2.36. The van der Waals surface area contributed by atoms with Crippen LogP contribution in [0, 0.1) is 0 Å². The average molecular weight is 269 g/mol. The van der Waals surface area contributed by atoms with Crippen molar-refractivity contribution in [3.05, 3.63) is 54.2 Å². The van der Waals surface area contributed by atoms with Crippen LogP contribution in [0.3, 0.4) is 0 Å². The van der Waals surface area contributed by atoms with E-state index in [4.69, 9.17) is 0 Å². The molecule has 0 aliphatic heterocycles. The van der Waals surface area contributed by atoms with E-state index in [1.165, 1.54) is 11.3 Å². The molecule has 1 atom stereocenters. The van der Waals surface area contributed by atoms with Gasteiger partial charge in [-0.2, -0.15) is 0 Å². The zero-order valence-electron chi connectivity index (χ0n) is 12.5. The molecular formula is C17H23N3. The third kappa shape index (κ3) is 3.36. The molecule has 0 aliphatic rings. The standard InChI is InChI=1S/C17H23N3/c1-4-18-14(3)15-11-12-19-17(13-15)20(5-2)16-9-7-6-8-10-16/h6-14,18H,4-5H2,1-3H3. The summed E-state index contributed by atoms with van der Waals surface area (Å²) in [5.74, 6) is 1.00. The number of rotatable bonds is 6. The van der Waals surface area contributed by atoms with Crippen molar-refractivity contribution in [1.29, 1.82) is 0 Å². The van der Waals surface area contributed by atoms with E-state index in [1.807, 2.05) is 12.3 Å². The lowest BCUT2D eigenvalue weighted by molar-refractivity contribution is 0.597. The summed E-state index contributed by atoms with van der Waals surface area (Å²) >= 11 is 0. The van der Waals surface area contributed by atoms with E-state index >= 15 is 0 Å². The minimum atomic E-state index is 0.344.